The first kappa shape index (κ1) is 18.9. The molecule has 6 heteroatoms. The third-order valence-corrected chi connectivity index (χ3v) is 5.66. The van der Waals surface area contributed by atoms with E-state index in [1.54, 1.807) is 20.2 Å². The first-order valence-corrected chi connectivity index (χ1v) is 9.48. The summed E-state index contributed by atoms with van der Waals surface area (Å²) in [5.41, 5.74) is 2.01. The van der Waals surface area contributed by atoms with Crippen LogP contribution in [0.1, 0.15) is 29.3 Å². The number of rotatable bonds is 4. The lowest BCUT2D eigenvalue weighted by Crippen LogP contribution is -2.41. The molecule has 1 unspecified atom stereocenters. The molecule has 1 aliphatic rings. The first-order valence-electron chi connectivity index (χ1n) is 9.48. The van der Waals surface area contributed by atoms with E-state index in [1.807, 2.05) is 56.3 Å². The van der Waals surface area contributed by atoms with Gasteiger partial charge in [-0.15, -0.1) is 0 Å². The van der Waals surface area contributed by atoms with E-state index in [0.717, 1.165) is 33.2 Å². The van der Waals surface area contributed by atoms with Gasteiger partial charge in [-0.1, -0.05) is 42.5 Å². The van der Waals surface area contributed by atoms with E-state index in [2.05, 4.69) is 10.3 Å². The molecule has 148 valence electrons. The number of nitrogens with zero attached hydrogens (tertiary/aromatic N) is 2. The van der Waals surface area contributed by atoms with Crippen molar-refractivity contribution in [3.05, 3.63) is 71.0 Å². The van der Waals surface area contributed by atoms with Crippen molar-refractivity contribution in [3.8, 4) is 5.75 Å². The number of carbonyl (C=O) groups excluding carboxylic acids is 2. The number of methoxy groups -OCH3 is 1. The molecule has 0 bridgehead atoms. The Kier molecular flexibility index (Phi) is 4.49. The number of benzene rings is 2. The summed E-state index contributed by atoms with van der Waals surface area (Å²) in [5.74, 6) is 0.429. The van der Waals surface area contributed by atoms with Gasteiger partial charge in [0.05, 0.1) is 19.3 Å². The molecule has 3 amide bonds. The van der Waals surface area contributed by atoms with E-state index in [1.165, 1.54) is 4.90 Å². The van der Waals surface area contributed by atoms with Crippen molar-refractivity contribution >= 4 is 22.7 Å². The van der Waals surface area contributed by atoms with Gasteiger partial charge in [-0.2, -0.15) is 0 Å². The maximum atomic E-state index is 13.4. The number of imide groups is 1. The average Bonchev–Trinajstić information content (AvgIpc) is 2.93. The number of hydrogen-bond acceptors (Lipinski definition) is 4. The van der Waals surface area contributed by atoms with E-state index in [9.17, 15) is 9.59 Å². The molecule has 0 aliphatic carbocycles. The average molecular weight is 389 g/mol. The van der Waals surface area contributed by atoms with Crippen LogP contribution in [0.5, 0.6) is 5.75 Å². The number of amides is 3. The van der Waals surface area contributed by atoms with Crippen LogP contribution < -0.4 is 10.1 Å². The Morgan fingerprint density at radius 1 is 1.10 bits per heavy atom. The molecular formula is C23H23N3O3. The van der Waals surface area contributed by atoms with Gasteiger partial charge < -0.3 is 10.1 Å². The van der Waals surface area contributed by atoms with E-state index in [-0.39, 0.29) is 12.5 Å². The zero-order chi connectivity index (χ0) is 20.8. The molecule has 1 atom stereocenters. The normalized spacial score (nSPS) is 19.0. The van der Waals surface area contributed by atoms with Crippen LogP contribution in [0.2, 0.25) is 0 Å². The number of ether oxygens (including phenoxy) is 1. The van der Waals surface area contributed by atoms with Gasteiger partial charge in [0.25, 0.3) is 5.91 Å². The van der Waals surface area contributed by atoms with Crippen molar-refractivity contribution in [1.29, 1.82) is 0 Å². The van der Waals surface area contributed by atoms with E-state index >= 15 is 0 Å². The largest absolute Gasteiger partial charge is 0.496 e. The Labute approximate surface area is 169 Å². The summed E-state index contributed by atoms with van der Waals surface area (Å²) >= 11 is 0. The summed E-state index contributed by atoms with van der Waals surface area (Å²) < 4.78 is 5.45. The van der Waals surface area contributed by atoms with Crippen LogP contribution >= 0.6 is 0 Å². The zero-order valence-electron chi connectivity index (χ0n) is 16.9. The molecular weight excluding hydrogens is 366 g/mol. The molecule has 0 radical (unpaired) electrons. The van der Waals surface area contributed by atoms with Crippen LogP contribution in [0.15, 0.2) is 48.7 Å². The van der Waals surface area contributed by atoms with Crippen LogP contribution in [0.25, 0.3) is 10.8 Å². The predicted octanol–water partition coefficient (Wildman–Crippen LogP) is 3.83. The Bertz CT molecular complexity index is 1140. The molecule has 29 heavy (non-hydrogen) atoms. The van der Waals surface area contributed by atoms with Crippen molar-refractivity contribution in [3.63, 3.8) is 0 Å². The maximum Gasteiger partial charge on any atom is 0.325 e. The van der Waals surface area contributed by atoms with E-state index in [0.29, 0.717) is 5.69 Å². The SMILES string of the molecule is COc1c(C)cnc(CN2C(=O)NC(C)(c3cccc4ccccc34)C2=O)c1C. The van der Waals surface area contributed by atoms with Gasteiger partial charge in [-0.25, -0.2) is 4.79 Å². The van der Waals surface area contributed by atoms with Gasteiger partial charge in [0.2, 0.25) is 0 Å². The minimum Gasteiger partial charge on any atom is -0.496 e. The first-order chi connectivity index (χ1) is 13.9. The maximum absolute atomic E-state index is 13.4. The monoisotopic (exact) mass is 389 g/mol. The van der Waals surface area contributed by atoms with Crippen LogP contribution in [-0.4, -0.2) is 28.9 Å². The molecule has 3 aromatic rings. The molecule has 2 aromatic carbocycles. The van der Waals surface area contributed by atoms with Crippen LogP contribution in [0, 0.1) is 13.8 Å². The molecule has 1 fully saturated rings. The molecule has 6 nitrogen and oxygen atoms in total. The molecule has 0 spiro atoms. The lowest BCUT2D eigenvalue weighted by Gasteiger charge is -2.24. The number of nitrogens with one attached hydrogen (secondary N) is 1. The molecule has 4 rings (SSSR count). The fourth-order valence-corrected chi connectivity index (χ4v) is 4.06. The second-order valence-electron chi connectivity index (χ2n) is 7.52. The summed E-state index contributed by atoms with van der Waals surface area (Å²) in [6.45, 7) is 5.64. The molecule has 1 aliphatic heterocycles. The predicted molar refractivity (Wildman–Crippen MR) is 111 cm³/mol. The van der Waals surface area contributed by atoms with Gasteiger partial charge in [-0.3, -0.25) is 14.7 Å². The van der Waals surface area contributed by atoms with Crippen molar-refractivity contribution in [1.82, 2.24) is 15.2 Å². The van der Waals surface area contributed by atoms with Crippen LogP contribution in [0.3, 0.4) is 0 Å². The topological polar surface area (TPSA) is 71.5 Å². The number of aryl methyl sites for hydroxylation is 1. The third-order valence-electron chi connectivity index (χ3n) is 5.66. The van der Waals surface area contributed by atoms with Crippen LogP contribution in [0.4, 0.5) is 4.79 Å². The summed E-state index contributed by atoms with van der Waals surface area (Å²) in [6, 6.07) is 13.2. The highest BCUT2D eigenvalue weighted by Crippen LogP contribution is 2.35. The lowest BCUT2D eigenvalue weighted by atomic mass is 9.88. The zero-order valence-corrected chi connectivity index (χ0v) is 16.9. The Balaban J connectivity index is 1.73. The molecule has 1 N–H and O–H groups in total. The molecule has 0 saturated carbocycles. The van der Waals surface area contributed by atoms with Gasteiger partial charge in [-0.05, 0) is 37.1 Å². The Hall–Kier alpha value is -3.41. The van der Waals surface area contributed by atoms with Crippen molar-refractivity contribution < 1.29 is 14.3 Å². The fraction of sp³-hybridized carbons (Fsp3) is 0.261. The van der Waals surface area contributed by atoms with Crippen molar-refractivity contribution in [2.45, 2.75) is 32.9 Å². The fourth-order valence-electron chi connectivity index (χ4n) is 4.06. The van der Waals surface area contributed by atoms with Crippen molar-refractivity contribution in [2.24, 2.45) is 0 Å². The quantitative estimate of drug-likeness (QED) is 0.689. The minimum atomic E-state index is -1.14. The number of hydrogen-bond donors (Lipinski definition) is 1. The summed E-state index contributed by atoms with van der Waals surface area (Å²) in [4.78, 5) is 31.8. The highest BCUT2D eigenvalue weighted by atomic mass is 16.5. The number of fused-ring (bicyclic) bond motifs is 1. The van der Waals surface area contributed by atoms with E-state index < -0.39 is 11.6 Å². The van der Waals surface area contributed by atoms with Crippen molar-refractivity contribution in [2.75, 3.05) is 7.11 Å². The molecule has 1 saturated heterocycles. The van der Waals surface area contributed by atoms with Gasteiger partial charge in [0, 0.05) is 17.3 Å². The lowest BCUT2D eigenvalue weighted by molar-refractivity contribution is -0.131. The highest BCUT2D eigenvalue weighted by molar-refractivity contribution is 6.09. The number of aromatic nitrogens is 1. The summed E-state index contributed by atoms with van der Waals surface area (Å²) in [5, 5.41) is 4.86. The summed E-state index contributed by atoms with van der Waals surface area (Å²) in [7, 11) is 1.60. The number of carbonyl (C=O) groups is 2. The third kappa shape index (κ3) is 2.92. The van der Waals surface area contributed by atoms with Crippen LogP contribution in [-0.2, 0) is 16.9 Å². The Morgan fingerprint density at radius 3 is 2.59 bits per heavy atom. The standard InChI is InChI=1S/C23H23N3O3/c1-14-12-24-19(15(2)20(14)29-4)13-26-21(27)23(3,25-22(26)28)18-11-7-9-16-8-5-6-10-17(16)18/h5-12H,13H2,1-4H3,(H,25,28). The second-order valence-corrected chi connectivity index (χ2v) is 7.52. The Morgan fingerprint density at radius 2 is 1.83 bits per heavy atom. The smallest absolute Gasteiger partial charge is 0.325 e. The number of urea groups is 1. The van der Waals surface area contributed by atoms with Gasteiger partial charge in [0.1, 0.15) is 11.3 Å². The van der Waals surface area contributed by atoms with Gasteiger partial charge >= 0.3 is 6.03 Å². The number of pyridine rings is 1. The highest BCUT2D eigenvalue weighted by Gasteiger charge is 2.49. The molecule has 2 heterocycles. The summed E-state index contributed by atoms with van der Waals surface area (Å²) in [6.07, 6.45) is 1.70. The van der Waals surface area contributed by atoms with E-state index in [4.69, 9.17) is 4.74 Å². The minimum absolute atomic E-state index is 0.0908. The van der Waals surface area contributed by atoms with Gasteiger partial charge in [0.15, 0.2) is 0 Å². The molecule has 1 aromatic heterocycles. The second kappa shape index (κ2) is 6.88.